The number of rotatable bonds is 3. The highest BCUT2D eigenvalue weighted by Gasteiger charge is 2.12. The number of hydrogen-bond donors (Lipinski definition) is 2. The van der Waals surface area contributed by atoms with Crippen LogP contribution in [0.5, 0.6) is 0 Å². The molecule has 2 rings (SSSR count). The van der Waals surface area contributed by atoms with E-state index in [0.717, 1.165) is 6.54 Å². The van der Waals surface area contributed by atoms with Crippen LogP contribution in [-0.4, -0.2) is 13.6 Å². The molecule has 0 bridgehead atoms. The molecule has 0 saturated carbocycles. The molecule has 1 aliphatic rings. The fourth-order valence-electron chi connectivity index (χ4n) is 2.39. The van der Waals surface area contributed by atoms with Gasteiger partial charge in [-0.3, -0.25) is 0 Å². The van der Waals surface area contributed by atoms with Crippen LogP contribution in [0.15, 0.2) is 24.3 Å². The van der Waals surface area contributed by atoms with Crippen LogP contribution in [0.4, 0.5) is 0 Å². The van der Waals surface area contributed by atoms with Gasteiger partial charge in [0, 0.05) is 12.6 Å². The minimum atomic E-state index is 0.575. The second-order valence-electron chi connectivity index (χ2n) is 4.63. The zero-order valence-corrected chi connectivity index (χ0v) is 10.1. The van der Waals surface area contributed by atoms with Crippen molar-refractivity contribution in [2.45, 2.75) is 38.3 Å². The molecule has 88 valence electrons. The van der Waals surface area contributed by atoms with Crippen LogP contribution in [0, 0.1) is 0 Å². The molecule has 16 heavy (non-hydrogen) atoms. The average molecular weight is 218 g/mol. The van der Waals surface area contributed by atoms with E-state index in [1.54, 1.807) is 0 Å². The van der Waals surface area contributed by atoms with Gasteiger partial charge in [-0.1, -0.05) is 37.1 Å². The Morgan fingerprint density at radius 2 is 2.00 bits per heavy atom. The molecule has 0 aromatic heterocycles. The first kappa shape index (κ1) is 11.6. The van der Waals surface area contributed by atoms with Gasteiger partial charge in [0.25, 0.3) is 0 Å². The summed E-state index contributed by atoms with van der Waals surface area (Å²) in [5.74, 6) is 0. The second-order valence-corrected chi connectivity index (χ2v) is 4.63. The number of nitrogens with one attached hydrogen (secondary N) is 2. The molecule has 1 saturated heterocycles. The lowest BCUT2D eigenvalue weighted by atomic mass is 10.0. The average Bonchev–Trinajstić information content (AvgIpc) is 2.59. The molecule has 0 aliphatic carbocycles. The summed E-state index contributed by atoms with van der Waals surface area (Å²) < 4.78 is 0. The van der Waals surface area contributed by atoms with Gasteiger partial charge in [-0.2, -0.15) is 0 Å². The van der Waals surface area contributed by atoms with Gasteiger partial charge in [0.2, 0.25) is 0 Å². The van der Waals surface area contributed by atoms with Crippen molar-refractivity contribution in [2.75, 3.05) is 13.6 Å². The van der Waals surface area contributed by atoms with Gasteiger partial charge in [-0.05, 0) is 37.6 Å². The summed E-state index contributed by atoms with van der Waals surface area (Å²) in [7, 11) is 1.99. The molecule has 1 aromatic rings. The van der Waals surface area contributed by atoms with Gasteiger partial charge >= 0.3 is 0 Å². The summed E-state index contributed by atoms with van der Waals surface area (Å²) in [4.78, 5) is 0. The Hall–Kier alpha value is -0.860. The smallest absolute Gasteiger partial charge is 0.0320 e. The molecule has 0 spiro atoms. The van der Waals surface area contributed by atoms with E-state index in [9.17, 15) is 0 Å². The van der Waals surface area contributed by atoms with Gasteiger partial charge in [0.05, 0.1) is 0 Å². The summed E-state index contributed by atoms with van der Waals surface area (Å²) in [6, 6.07) is 9.59. The van der Waals surface area contributed by atoms with Crippen molar-refractivity contribution in [2.24, 2.45) is 0 Å². The largest absolute Gasteiger partial charge is 0.316 e. The Morgan fingerprint density at radius 1 is 1.19 bits per heavy atom. The molecule has 0 amide bonds. The highest BCUT2D eigenvalue weighted by Crippen LogP contribution is 2.22. The quantitative estimate of drug-likeness (QED) is 0.815. The van der Waals surface area contributed by atoms with Crippen molar-refractivity contribution in [3.8, 4) is 0 Å². The fraction of sp³-hybridized carbons (Fsp3) is 0.571. The number of benzene rings is 1. The lowest BCUT2D eigenvalue weighted by molar-refractivity contribution is 0.534. The van der Waals surface area contributed by atoms with E-state index in [1.165, 1.54) is 43.4 Å². The predicted octanol–water partition coefficient (Wildman–Crippen LogP) is 2.61. The van der Waals surface area contributed by atoms with Crippen molar-refractivity contribution in [3.05, 3.63) is 35.4 Å². The van der Waals surface area contributed by atoms with Crippen LogP contribution in [0.25, 0.3) is 0 Å². The van der Waals surface area contributed by atoms with Gasteiger partial charge in [-0.15, -0.1) is 0 Å². The lowest BCUT2D eigenvalue weighted by Gasteiger charge is -2.16. The molecule has 2 nitrogen and oxygen atoms in total. The minimum absolute atomic E-state index is 0.575. The first-order chi connectivity index (χ1) is 7.90. The van der Waals surface area contributed by atoms with E-state index in [2.05, 4.69) is 34.9 Å². The van der Waals surface area contributed by atoms with Gasteiger partial charge in [0.1, 0.15) is 0 Å². The Kier molecular flexibility index (Phi) is 4.37. The molecule has 1 heterocycles. The maximum Gasteiger partial charge on any atom is 0.0320 e. The Balaban J connectivity index is 2.01. The highest BCUT2D eigenvalue weighted by molar-refractivity contribution is 5.25. The number of hydrogen-bond acceptors (Lipinski definition) is 2. The van der Waals surface area contributed by atoms with Crippen LogP contribution >= 0.6 is 0 Å². The van der Waals surface area contributed by atoms with Crippen molar-refractivity contribution < 1.29 is 0 Å². The minimum Gasteiger partial charge on any atom is -0.316 e. The SMILES string of the molecule is CNCc1ccc(C2CCCCCN2)cc1. The van der Waals surface area contributed by atoms with Gasteiger partial charge in [-0.25, -0.2) is 0 Å². The monoisotopic (exact) mass is 218 g/mol. The second kappa shape index (κ2) is 6.02. The van der Waals surface area contributed by atoms with Crippen LogP contribution in [0.1, 0.15) is 42.9 Å². The molecular formula is C14H22N2. The van der Waals surface area contributed by atoms with Crippen molar-refractivity contribution in [3.63, 3.8) is 0 Å². The third-order valence-corrected chi connectivity index (χ3v) is 3.32. The van der Waals surface area contributed by atoms with Crippen LogP contribution in [0.3, 0.4) is 0 Å². The Bertz CT molecular complexity index is 297. The van der Waals surface area contributed by atoms with Gasteiger partial charge in [0.15, 0.2) is 0 Å². The maximum atomic E-state index is 3.63. The maximum absolute atomic E-state index is 3.63. The van der Waals surface area contributed by atoms with Crippen LogP contribution in [-0.2, 0) is 6.54 Å². The molecule has 2 heteroatoms. The van der Waals surface area contributed by atoms with Crippen molar-refractivity contribution in [1.29, 1.82) is 0 Å². The topological polar surface area (TPSA) is 24.1 Å². The molecule has 1 unspecified atom stereocenters. The van der Waals surface area contributed by atoms with Crippen LogP contribution in [0.2, 0.25) is 0 Å². The third-order valence-electron chi connectivity index (χ3n) is 3.32. The molecule has 0 radical (unpaired) electrons. The zero-order chi connectivity index (χ0) is 11.2. The summed E-state index contributed by atoms with van der Waals surface area (Å²) in [6.07, 6.45) is 5.34. The van der Waals surface area contributed by atoms with E-state index in [-0.39, 0.29) is 0 Å². The summed E-state index contributed by atoms with van der Waals surface area (Å²) in [5, 5.41) is 6.81. The van der Waals surface area contributed by atoms with E-state index in [0.29, 0.717) is 6.04 Å². The summed E-state index contributed by atoms with van der Waals surface area (Å²) in [5.41, 5.74) is 2.81. The van der Waals surface area contributed by atoms with Crippen LogP contribution < -0.4 is 10.6 Å². The lowest BCUT2D eigenvalue weighted by Crippen LogP contribution is -2.20. The summed E-state index contributed by atoms with van der Waals surface area (Å²) in [6.45, 7) is 2.13. The third kappa shape index (κ3) is 3.06. The Labute approximate surface area is 98.4 Å². The first-order valence-electron chi connectivity index (χ1n) is 6.37. The first-order valence-corrected chi connectivity index (χ1v) is 6.37. The molecule has 2 N–H and O–H groups in total. The Morgan fingerprint density at radius 3 is 2.75 bits per heavy atom. The fourth-order valence-corrected chi connectivity index (χ4v) is 2.39. The highest BCUT2D eigenvalue weighted by atomic mass is 14.9. The predicted molar refractivity (Wildman–Crippen MR) is 68.4 cm³/mol. The summed E-state index contributed by atoms with van der Waals surface area (Å²) >= 11 is 0. The molecule has 1 fully saturated rings. The van der Waals surface area contributed by atoms with E-state index in [1.807, 2.05) is 7.05 Å². The standard InChI is InChI=1S/C14H22N2/c1-15-11-12-6-8-13(9-7-12)14-5-3-2-4-10-16-14/h6-9,14-16H,2-5,10-11H2,1H3. The molecular weight excluding hydrogens is 196 g/mol. The molecule has 1 aromatic carbocycles. The van der Waals surface area contributed by atoms with Gasteiger partial charge < -0.3 is 10.6 Å². The van der Waals surface area contributed by atoms with E-state index < -0.39 is 0 Å². The van der Waals surface area contributed by atoms with Crippen molar-refractivity contribution in [1.82, 2.24) is 10.6 Å². The molecule has 1 aliphatic heterocycles. The van der Waals surface area contributed by atoms with E-state index in [4.69, 9.17) is 0 Å². The normalized spacial score (nSPS) is 21.7. The zero-order valence-electron chi connectivity index (χ0n) is 10.1. The molecule has 1 atom stereocenters. The van der Waals surface area contributed by atoms with E-state index >= 15 is 0 Å². The van der Waals surface area contributed by atoms with Crippen molar-refractivity contribution >= 4 is 0 Å².